The maximum Gasteiger partial charge on any atom is 0.105 e. The molecule has 1 nitrogen and oxygen atoms in total. The van der Waals surface area contributed by atoms with E-state index in [4.69, 9.17) is 0 Å². The van der Waals surface area contributed by atoms with Crippen LogP contribution in [0, 0.1) is 0 Å². The molecule has 1 aliphatic rings. The lowest BCUT2D eigenvalue weighted by Crippen LogP contribution is -2.30. The summed E-state index contributed by atoms with van der Waals surface area (Å²) < 4.78 is 12.6. The zero-order chi connectivity index (χ0) is 9.80. The maximum absolute atomic E-state index is 12.6. The van der Waals surface area contributed by atoms with Gasteiger partial charge in [-0.15, -0.1) is 0 Å². The highest BCUT2D eigenvalue weighted by atomic mass is 19.1. The van der Waals surface area contributed by atoms with Gasteiger partial charge in [0.15, 0.2) is 0 Å². The van der Waals surface area contributed by atoms with Crippen LogP contribution in [-0.4, -0.2) is 24.2 Å². The summed E-state index contributed by atoms with van der Waals surface area (Å²) in [5.74, 6) is 0. The molecule has 0 N–H and O–H groups in total. The molecule has 1 aromatic rings. The molecule has 1 fully saturated rings. The number of nitrogens with zero attached hydrogens (tertiary/aromatic N) is 1. The van der Waals surface area contributed by atoms with Crippen molar-refractivity contribution in [2.75, 3.05) is 13.2 Å². The Morgan fingerprint density at radius 3 is 2.79 bits per heavy atom. The van der Waals surface area contributed by atoms with Crippen LogP contribution in [0.1, 0.15) is 18.4 Å². The number of hydrogen-bond donors (Lipinski definition) is 0. The summed E-state index contributed by atoms with van der Waals surface area (Å²) in [6, 6.07) is 10.5. The Hall–Kier alpha value is -0.890. The number of likely N-dealkylation sites (tertiary alicyclic amines) is 1. The Morgan fingerprint density at radius 2 is 2.07 bits per heavy atom. The minimum Gasteiger partial charge on any atom is -0.294 e. The van der Waals surface area contributed by atoms with E-state index in [0.717, 1.165) is 25.9 Å². The zero-order valence-electron chi connectivity index (χ0n) is 8.32. The SMILES string of the molecule is FCC1CCCN1Cc1ccccc1. The second kappa shape index (κ2) is 4.56. The number of hydrogen-bond acceptors (Lipinski definition) is 1. The molecule has 0 aliphatic carbocycles. The Labute approximate surface area is 84.5 Å². The Morgan fingerprint density at radius 1 is 1.29 bits per heavy atom. The fraction of sp³-hybridized carbons (Fsp3) is 0.500. The van der Waals surface area contributed by atoms with E-state index in [-0.39, 0.29) is 12.7 Å². The monoisotopic (exact) mass is 193 g/mol. The molecule has 0 saturated carbocycles. The van der Waals surface area contributed by atoms with Crippen molar-refractivity contribution in [2.24, 2.45) is 0 Å². The van der Waals surface area contributed by atoms with Crippen LogP contribution in [0.25, 0.3) is 0 Å². The van der Waals surface area contributed by atoms with Crippen LogP contribution >= 0.6 is 0 Å². The third kappa shape index (κ3) is 2.13. The molecular weight excluding hydrogens is 177 g/mol. The lowest BCUT2D eigenvalue weighted by Gasteiger charge is -2.21. The van der Waals surface area contributed by atoms with Crippen molar-refractivity contribution in [1.29, 1.82) is 0 Å². The largest absolute Gasteiger partial charge is 0.294 e. The molecule has 0 amide bonds. The first-order chi connectivity index (χ1) is 6.90. The summed E-state index contributed by atoms with van der Waals surface area (Å²) in [6.45, 7) is 1.74. The fourth-order valence-corrected chi connectivity index (χ4v) is 2.10. The first-order valence-corrected chi connectivity index (χ1v) is 5.24. The minimum atomic E-state index is -0.202. The van der Waals surface area contributed by atoms with Crippen LogP contribution in [-0.2, 0) is 6.54 Å². The topological polar surface area (TPSA) is 3.24 Å². The summed E-state index contributed by atoms with van der Waals surface area (Å²) in [7, 11) is 0. The van der Waals surface area contributed by atoms with E-state index in [9.17, 15) is 4.39 Å². The lowest BCUT2D eigenvalue weighted by molar-refractivity contribution is 0.207. The third-order valence-electron chi connectivity index (χ3n) is 2.91. The standard InChI is InChI=1S/C12H16FN/c13-9-12-7-4-8-14(12)10-11-5-2-1-3-6-11/h1-3,5-6,12H,4,7-10H2. The van der Waals surface area contributed by atoms with E-state index in [1.165, 1.54) is 5.56 Å². The van der Waals surface area contributed by atoms with Gasteiger partial charge in [-0.3, -0.25) is 4.90 Å². The first-order valence-electron chi connectivity index (χ1n) is 5.24. The molecule has 1 aromatic carbocycles. The summed E-state index contributed by atoms with van der Waals surface area (Å²) in [5.41, 5.74) is 1.29. The van der Waals surface area contributed by atoms with Crippen LogP contribution in [0.4, 0.5) is 4.39 Å². The van der Waals surface area contributed by atoms with Crippen molar-refractivity contribution in [3.63, 3.8) is 0 Å². The Balaban J connectivity index is 1.97. The van der Waals surface area contributed by atoms with Crippen molar-refractivity contribution >= 4 is 0 Å². The molecule has 0 radical (unpaired) electrons. The summed E-state index contributed by atoms with van der Waals surface area (Å²) >= 11 is 0. The Bertz CT molecular complexity index is 273. The predicted octanol–water partition coefficient (Wildman–Crippen LogP) is 2.62. The second-order valence-electron chi connectivity index (χ2n) is 3.91. The average molecular weight is 193 g/mol. The van der Waals surface area contributed by atoms with Crippen LogP contribution < -0.4 is 0 Å². The summed E-state index contributed by atoms with van der Waals surface area (Å²) in [4.78, 5) is 2.25. The van der Waals surface area contributed by atoms with Gasteiger partial charge < -0.3 is 0 Å². The van der Waals surface area contributed by atoms with E-state index in [1.807, 2.05) is 18.2 Å². The first kappa shape index (κ1) is 9.66. The summed E-state index contributed by atoms with van der Waals surface area (Å²) in [5, 5.41) is 0. The van der Waals surface area contributed by atoms with Crippen molar-refractivity contribution in [2.45, 2.75) is 25.4 Å². The summed E-state index contributed by atoms with van der Waals surface area (Å²) in [6.07, 6.45) is 2.16. The van der Waals surface area contributed by atoms with Crippen LogP contribution in [0.2, 0.25) is 0 Å². The molecule has 2 heteroatoms. The van der Waals surface area contributed by atoms with Gasteiger partial charge in [-0.2, -0.15) is 0 Å². The van der Waals surface area contributed by atoms with Gasteiger partial charge in [0.1, 0.15) is 6.67 Å². The molecule has 1 saturated heterocycles. The van der Waals surface area contributed by atoms with Gasteiger partial charge in [-0.05, 0) is 24.9 Å². The second-order valence-corrected chi connectivity index (χ2v) is 3.91. The highest BCUT2D eigenvalue weighted by Crippen LogP contribution is 2.19. The molecule has 1 aliphatic heterocycles. The molecule has 0 spiro atoms. The Kier molecular flexibility index (Phi) is 3.14. The lowest BCUT2D eigenvalue weighted by atomic mass is 10.2. The van der Waals surface area contributed by atoms with E-state index >= 15 is 0 Å². The molecule has 14 heavy (non-hydrogen) atoms. The quantitative estimate of drug-likeness (QED) is 0.713. The van der Waals surface area contributed by atoms with Gasteiger partial charge in [-0.25, -0.2) is 4.39 Å². The van der Waals surface area contributed by atoms with Gasteiger partial charge >= 0.3 is 0 Å². The molecule has 1 atom stereocenters. The van der Waals surface area contributed by atoms with Crippen molar-refractivity contribution in [3.05, 3.63) is 35.9 Å². The van der Waals surface area contributed by atoms with E-state index in [1.54, 1.807) is 0 Å². The van der Waals surface area contributed by atoms with Crippen LogP contribution in [0.5, 0.6) is 0 Å². The molecule has 76 valence electrons. The van der Waals surface area contributed by atoms with Gasteiger partial charge in [-0.1, -0.05) is 30.3 Å². The zero-order valence-corrected chi connectivity index (χ0v) is 8.32. The normalized spacial score (nSPS) is 22.8. The molecule has 2 rings (SSSR count). The van der Waals surface area contributed by atoms with Gasteiger partial charge in [0.05, 0.1) is 0 Å². The average Bonchev–Trinajstić information content (AvgIpc) is 2.67. The van der Waals surface area contributed by atoms with E-state index < -0.39 is 0 Å². The fourth-order valence-electron chi connectivity index (χ4n) is 2.10. The minimum absolute atomic E-state index is 0.162. The molecular formula is C12H16FN. The number of alkyl halides is 1. The van der Waals surface area contributed by atoms with E-state index in [0.29, 0.717) is 0 Å². The van der Waals surface area contributed by atoms with Crippen LogP contribution in [0.3, 0.4) is 0 Å². The third-order valence-corrected chi connectivity index (χ3v) is 2.91. The van der Waals surface area contributed by atoms with Gasteiger partial charge in [0.25, 0.3) is 0 Å². The smallest absolute Gasteiger partial charge is 0.105 e. The predicted molar refractivity (Wildman–Crippen MR) is 55.8 cm³/mol. The van der Waals surface area contributed by atoms with Gasteiger partial charge in [0, 0.05) is 12.6 Å². The number of benzene rings is 1. The van der Waals surface area contributed by atoms with Crippen molar-refractivity contribution in [3.8, 4) is 0 Å². The highest BCUT2D eigenvalue weighted by molar-refractivity contribution is 5.14. The van der Waals surface area contributed by atoms with Crippen molar-refractivity contribution in [1.82, 2.24) is 4.90 Å². The molecule has 1 heterocycles. The van der Waals surface area contributed by atoms with Gasteiger partial charge in [0.2, 0.25) is 0 Å². The maximum atomic E-state index is 12.6. The molecule has 0 aromatic heterocycles. The highest BCUT2D eigenvalue weighted by Gasteiger charge is 2.23. The molecule has 1 unspecified atom stereocenters. The van der Waals surface area contributed by atoms with Crippen LogP contribution in [0.15, 0.2) is 30.3 Å². The number of halogens is 1. The van der Waals surface area contributed by atoms with E-state index in [2.05, 4.69) is 17.0 Å². The number of rotatable bonds is 3. The molecule has 0 bridgehead atoms. The van der Waals surface area contributed by atoms with Crippen molar-refractivity contribution < 1.29 is 4.39 Å².